The van der Waals surface area contributed by atoms with E-state index in [0.29, 0.717) is 13.0 Å². The van der Waals surface area contributed by atoms with Gasteiger partial charge < -0.3 is 14.8 Å². The van der Waals surface area contributed by atoms with Gasteiger partial charge in [-0.05, 0) is 38.0 Å². The van der Waals surface area contributed by atoms with Crippen LogP contribution in [0.1, 0.15) is 36.0 Å². The monoisotopic (exact) mass is 325 g/mol. The van der Waals surface area contributed by atoms with Crippen LogP contribution < -0.4 is 10.1 Å². The number of fused-ring (bicyclic) bond motifs is 1. The van der Waals surface area contributed by atoms with Crippen molar-refractivity contribution in [3.63, 3.8) is 0 Å². The molecule has 0 radical (unpaired) electrons. The molecule has 4 nitrogen and oxygen atoms in total. The molecular weight excluding hydrogens is 302 g/mol. The van der Waals surface area contributed by atoms with Crippen LogP contribution in [0.5, 0.6) is 5.75 Å². The van der Waals surface area contributed by atoms with Gasteiger partial charge in [0.1, 0.15) is 11.8 Å². The first kappa shape index (κ1) is 16.4. The van der Waals surface area contributed by atoms with E-state index >= 15 is 0 Å². The van der Waals surface area contributed by atoms with Crippen LogP contribution in [0.2, 0.25) is 0 Å². The van der Waals surface area contributed by atoms with E-state index in [1.165, 1.54) is 11.1 Å². The highest BCUT2D eigenvalue weighted by atomic mass is 16.5. The number of carbonyl (C=O) groups excluding carboxylic acids is 1. The maximum absolute atomic E-state index is 12.3. The van der Waals surface area contributed by atoms with Crippen molar-refractivity contribution < 1.29 is 14.3 Å². The number of rotatable bonds is 4. The minimum atomic E-state index is -0.352. The molecule has 0 fully saturated rings. The molecule has 0 spiro atoms. The molecule has 1 heterocycles. The molecular formula is C20H23NO3. The lowest BCUT2D eigenvalue weighted by Gasteiger charge is -2.33. The zero-order valence-corrected chi connectivity index (χ0v) is 14.3. The number of aryl methyl sites for hydroxylation is 1. The highest BCUT2D eigenvalue weighted by molar-refractivity contribution is 5.81. The van der Waals surface area contributed by atoms with E-state index in [0.717, 1.165) is 17.0 Å². The van der Waals surface area contributed by atoms with Gasteiger partial charge >= 0.3 is 5.97 Å². The van der Waals surface area contributed by atoms with Gasteiger partial charge in [0.25, 0.3) is 0 Å². The van der Waals surface area contributed by atoms with E-state index in [2.05, 4.69) is 30.4 Å². The van der Waals surface area contributed by atoms with Crippen molar-refractivity contribution >= 4 is 11.7 Å². The zero-order valence-electron chi connectivity index (χ0n) is 14.3. The van der Waals surface area contributed by atoms with E-state index in [4.69, 9.17) is 9.47 Å². The van der Waals surface area contributed by atoms with Gasteiger partial charge in [-0.15, -0.1) is 0 Å². The number of ether oxygens (including phenoxy) is 2. The lowest BCUT2D eigenvalue weighted by atomic mass is 9.81. The van der Waals surface area contributed by atoms with Crippen molar-refractivity contribution in [2.45, 2.75) is 32.2 Å². The van der Waals surface area contributed by atoms with E-state index in [-0.39, 0.29) is 17.9 Å². The Kier molecular flexibility index (Phi) is 4.74. The van der Waals surface area contributed by atoms with Crippen LogP contribution in [-0.4, -0.2) is 25.7 Å². The van der Waals surface area contributed by atoms with Crippen molar-refractivity contribution in [3.8, 4) is 5.75 Å². The Bertz CT molecular complexity index is 741. The predicted octanol–water partition coefficient (Wildman–Crippen LogP) is 3.88. The Balaban J connectivity index is 2.06. The molecule has 1 aliphatic heterocycles. The van der Waals surface area contributed by atoms with Crippen LogP contribution in [0.25, 0.3) is 0 Å². The van der Waals surface area contributed by atoms with Crippen molar-refractivity contribution in [1.29, 1.82) is 0 Å². The molecule has 3 rings (SSSR count). The second-order valence-corrected chi connectivity index (χ2v) is 6.07. The number of para-hydroxylation sites is 1. The third-order valence-electron chi connectivity index (χ3n) is 4.47. The number of hydrogen-bond acceptors (Lipinski definition) is 4. The smallest absolute Gasteiger partial charge is 0.328 e. The zero-order chi connectivity index (χ0) is 17.1. The van der Waals surface area contributed by atoms with Crippen molar-refractivity contribution in [1.82, 2.24) is 0 Å². The molecule has 0 saturated heterocycles. The standard InChI is InChI=1S/C20H23NO3/c1-4-24-20(22)18-12-15(14-7-5-6-8-19(14)23-3)16-11-13(2)9-10-17(16)21-18/h5-11,15,18,21H,4,12H2,1-3H3. The van der Waals surface area contributed by atoms with Crippen LogP contribution in [-0.2, 0) is 9.53 Å². The minimum absolute atomic E-state index is 0.0895. The molecule has 0 aromatic heterocycles. The summed E-state index contributed by atoms with van der Waals surface area (Å²) in [5.41, 5.74) is 4.48. The molecule has 4 heteroatoms. The summed E-state index contributed by atoms with van der Waals surface area (Å²) in [7, 11) is 1.68. The van der Waals surface area contributed by atoms with Gasteiger partial charge in [0, 0.05) is 17.2 Å². The third kappa shape index (κ3) is 3.09. The summed E-state index contributed by atoms with van der Waals surface area (Å²) in [6, 6.07) is 13.9. The van der Waals surface area contributed by atoms with Crippen LogP contribution in [0.15, 0.2) is 42.5 Å². The highest BCUT2D eigenvalue weighted by Gasteiger charge is 2.33. The maximum Gasteiger partial charge on any atom is 0.328 e. The molecule has 0 amide bonds. The van der Waals surface area contributed by atoms with Gasteiger partial charge in [-0.1, -0.05) is 35.9 Å². The Morgan fingerprint density at radius 2 is 2.00 bits per heavy atom. The largest absolute Gasteiger partial charge is 0.496 e. The van der Waals surface area contributed by atoms with Crippen molar-refractivity contribution in [2.24, 2.45) is 0 Å². The minimum Gasteiger partial charge on any atom is -0.496 e. The number of benzene rings is 2. The van der Waals surface area contributed by atoms with Gasteiger partial charge in [-0.25, -0.2) is 4.79 Å². The van der Waals surface area contributed by atoms with Crippen molar-refractivity contribution in [3.05, 3.63) is 59.2 Å². The quantitative estimate of drug-likeness (QED) is 0.867. The number of nitrogens with one attached hydrogen (secondary N) is 1. The maximum atomic E-state index is 12.3. The highest BCUT2D eigenvalue weighted by Crippen LogP contribution is 2.42. The molecule has 1 N–H and O–H groups in total. The summed E-state index contributed by atoms with van der Waals surface area (Å²) in [6.07, 6.45) is 0.648. The van der Waals surface area contributed by atoms with Gasteiger partial charge in [0.2, 0.25) is 0 Å². The topological polar surface area (TPSA) is 47.6 Å². The molecule has 24 heavy (non-hydrogen) atoms. The second kappa shape index (κ2) is 6.95. The lowest BCUT2D eigenvalue weighted by Crippen LogP contribution is -2.37. The van der Waals surface area contributed by atoms with E-state index < -0.39 is 0 Å². The molecule has 1 aliphatic rings. The molecule has 0 bridgehead atoms. The summed E-state index contributed by atoms with van der Waals surface area (Å²) in [6.45, 7) is 4.30. The normalized spacial score (nSPS) is 19.1. The molecule has 2 aromatic rings. The summed E-state index contributed by atoms with van der Waals surface area (Å²) in [4.78, 5) is 12.3. The number of methoxy groups -OCH3 is 1. The lowest BCUT2D eigenvalue weighted by molar-refractivity contribution is -0.144. The Hall–Kier alpha value is -2.49. The number of carbonyl (C=O) groups is 1. The molecule has 2 aromatic carbocycles. The SMILES string of the molecule is CCOC(=O)C1CC(c2ccccc2OC)c2cc(C)ccc2N1. The van der Waals surface area contributed by atoms with Crippen molar-refractivity contribution in [2.75, 3.05) is 19.0 Å². The fourth-order valence-corrected chi connectivity index (χ4v) is 3.36. The van der Waals surface area contributed by atoms with Gasteiger partial charge in [-0.3, -0.25) is 0 Å². The molecule has 0 saturated carbocycles. The fourth-order valence-electron chi connectivity index (χ4n) is 3.36. The Morgan fingerprint density at radius 3 is 2.75 bits per heavy atom. The van der Waals surface area contributed by atoms with Crippen LogP contribution in [0.3, 0.4) is 0 Å². The number of hydrogen-bond donors (Lipinski definition) is 1. The Morgan fingerprint density at radius 1 is 1.21 bits per heavy atom. The van der Waals surface area contributed by atoms with Crippen LogP contribution in [0.4, 0.5) is 5.69 Å². The van der Waals surface area contributed by atoms with E-state index in [1.807, 2.05) is 31.2 Å². The van der Waals surface area contributed by atoms with Gasteiger partial charge in [-0.2, -0.15) is 0 Å². The van der Waals surface area contributed by atoms with Gasteiger partial charge in [0.05, 0.1) is 13.7 Å². The summed E-state index contributed by atoms with van der Waals surface area (Å²) in [5, 5.41) is 3.33. The Labute approximate surface area is 142 Å². The number of anilines is 1. The molecule has 126 valence electrons. The second-order valence-electron chi connectivity index (χ2n) is 6.07. The van der Waals surface area contributed by atoms with Gasteiger partial charge in [0.15, 0.2) is 0 Å². The average Bonchev–Trinajstić information content (AvgIpc) is 2.61. The number of esters is 1. The first-order valence-electron chi connectivity index (χ1n) is 8.30. The third-order valence-corrected chi connectivity index (χ3v) is 4.47. The molecule has 2 unspecified atom stereocenters. The first-order chi connectivity index (χ1) is 11.6. The van der Waals surface area contributed by atoms with Crippen LogP contribution in [0, 0.1) is 6.92 Å². The summed E-state index contributed by atoms with van der Waals surface area (Å²) < 4.78 is 10.8. The summed E-state index contributed by atoms with van der Waals surface area (Å²) in [5.74, 6) is 0.731. The van der Waals surface area contributed by atoms with E-state index in [1.54, 1.807) is 7.11 Å². The first-order valence-corrected chi connectivity index (χ1v) is 8.30. The average molecular weight is 325 g/mol. The van der Waals surface area contributed by atoms with Crippen LogP contribution >= 0.6 is 0 Å². The van der Waals surface area contributed by atoms with E-state index in [9.17, 15) is 4.79 Å². The predicted molar refractivity (Wildman–Crippen MR) is 94.7 cm³/mol. The summed E-state index contributed by atoms with van der Waals surface area (Å²) >= 11 is 0. The fraction of sp³-hybridized carbons (Fsp3) is 0.350. The molecule has 0 aliphatic carbocycles. The molecule has 2 atom stereocenters.